The van der Waals surface area contributed by atoms with Crippen molar-refractivity contribution in [2.45, 2.75) is 18.6 Å². The van der Waals surface area contributed by atoms with E-state index in [9.17, 15) is 13.2 Å². The number of carbonyl (C=O) groups is 1. The minimum atomic E-state index is -3.66. The Balaban J connectivity index is 2.30. The van der Waals surface area contributed by atoms with Crippen LogP contribution < -0.4 is 10.0 Å². The molecule has 0 bridgehead atoms. The number of amides is 1. The van der Waals surface area contributed by atoms with Crippen LogP contribution in [0.3, 0.4) is 0 Å². The summed E-state index contributed by atoms with van der Waals surface area (Å²) in [7, 11) is -3.66. The van der Waals surface area contributed by atoms with Gasteiger partial charge in [-0.2, -0.15) is 0 Å². The van der Waals surface area contributed by atoms with Crippen LogP contribution in [-0.2, 0) is 14.8 Å². The molecule has 2 rings (SSSR count). The molecular weight excluding hydrogens is 367 g/mol. The molecule has 1 amide bonds. The fraction of sp³-hybridized carbons (Fsp3) is 0.364. The van der Waals surface area contributed by atoms with Crippen molar-refractivity contribution in [1.29, 1.82) is 0 Å². The molecule has 0 radical (unpaired) electrons. The van der Waals surface area contributed by atoms with Crippen LogP contribution in [-0.4, -0.2) is 26.1 Å². The number of rotatable bonds is 2. The number of benzene rings is 1. The topological polar surface area (TPSA) is 80.5 Å². The lowest BCUT2D eigenvalue weighted by Gasteiger charge is -2.17. The minimum absolute atomic E-state index is 0.0378. The van der Waals surface area contributed by atoms with Gasteiger partial charge in [0.05, 0.1) is 0 Å². The largest absolute Gasteiger partial charge is 0.311 e. The first-order valence-corrected chi connectivity index (χ1v) is 8.06. The Morgan fingerprint density at radius 1 is 1.44 bits per heavy atom. The maximum absolute atomic E-state index is 11.8. The van der Waals surface area contributed by atoms with Gasteiger partial charge in [-0.1, -0.05) is 0 Å². The standard InChI is InChI=1S/C11H13IN2O3S/c1-7-4-8(2-3-10(7)12)14-6-9(5-11(14)15)18(13,16)17/h2-4,9H,5-6H2,1H3,(H2,13,16,17). The number of halogens is 1. The molecular formula is C11H13IN2O3S. The lowest BCUT2D eigenvalue weighted by molar-refractivity contribution is -0.117. The summed E-state index contributed by atoms with van der Waals surface area (Å²) in [6.07, 6.45) is -0.0378. The number of aryl methyl sites for hydroxylation is 1. The van der Waals surface area contributed by atoms with Crippen LogP contribution in [0, 0.1) is 10.5 Å². The molecule has 0 saturated carbocycles. The highest BCUT2D eigenvalue weighted by Crippen LogP contribution is 2.26. The smallest absolute Gasteiger partial charge is 0.228 e. The molecule has 98 valence electrons. The van der Waals surface area contributed by atoms with E-state index in [1.54, 1.807) is 0 Å². The van der Waals surface area contributed by atoms with E-state index in [4.69, 9.17) is 5.14 Å². The molecule has 1 aliphatic rings. The van der Waals surface area contributed by atoms with Crippen LogP contribution in [0.4, 0.5) is 5.69 Å². The lowest BCUT2D eigenvalue weighted by Crippen LogP contribution is -2.32. The van der Waals surface area contributed by atoms with Crippen molar-refractivity contribution < 1.29 is 13.2 Å². The van der Waals surface area contributed by atoms with Crippen molar-refractivity contribution >= 4 is 44.2 Å². The molecule has 1 heterocycles. The Kier molecular flexibility index (Phi) is 3.65. The summed E-state index contributed by atoms with van der Waals surface area (Å²) in [5, 5.41) is 4.29. The zero-order valence-electron chi connectivity index (χ0n) is 9.76. The summed E-state index contributed by atoms with van der Waals surface area (Å²) in [6.45, 7) is 2.08. The van der Waals surface area contributed by atoms with E-state index in [2.05, 4.69) is 22.6 Å². The average Bonchev–Trinajstić information content (AvgIpc) is 2.64. The number of nitrogens with two attached hydrogens (primary N) is 1. The van der Waals surface area contributed by atoms with E-state index >= 15 is 0 Å². The van der Waals surface area contributed by atoms with E-state index < -0.39 is 15.3 Å². The van der Waals surface area contributed by atoms with E-state index in [0.717, 1.165) is 14.8 Å². The predicted octanol–water partition coefficient (Wildman–Crippen LogP) is 0.993. The first-order chi connectivity index (χ1) is 8.29. The number of hydrogen-bond acceptors (Lipinski definition) is 3. The van der Waals surface area contributed by atoms with Gasteiger partial charge in [0, 0.05) is 22.2 Å². The van der Waals surface area contributed by atoms with Crippen molar-refractivity contribution in [2.24, 2.45) is 5.14 Å². The summed E-state index contributed by atoms with van der Waals surface area (Å²) < 4.78 is 23.7. The minimum Gasteiger partial charge on any atom is -0.311 e. The van der Waals surface area contributed by atoms with Crippen LogP contribution in [0.2, 0.25) is 0 Å². The maximum Gasteiger partial charge on any atom is 0.228 e. The van der Waals surface area contributed by atoms with Crippen molar-refractivity contribution in [3.8, 4) is 0 Å². The van der Waals surface area contributed by atoms with Crippen LogP contribution in [0.25, 0.3) is 0 Å². The van der Waals surface area contributed by atoms with Gasteiger partial charge in [0.1, 0.15) is 5.25 Å². The first-order valence-electron chi connectivity index (χ1n) is 5.37. The molecule has 1 aromatic carbocycles. The third-order valence-electron chi connectivity index (χ3n) is 3.01. The highest BCUT2D eigenvalue weighted by atomic mass is 127. The van der Waals surface area contributed by atoms with Crippen LogP contribution in [0.5, 0.6) is 0 Å². The SMILES string of the molecule is Cc1cc(N2CC(S(N)(=O)=O)CC2=O)ccc1I. The molecule has 5 nitrogen and oxygen atoms in total. The number of sulfonamides is 1. The average molecular weight is 380 g/mol. The Labute approximate surface area is 120 Å². The Bertz CT molecular complexity index is 600. The Morgan fingerprint density at radius 2 is 2.11 bits per heavy atom. The number of primary sulfonamides is 1. The van der Waals surface area contributed by atoms with Gasteiger partial charge < -0.3 is 4.90 Å². The number of nitrogens with zero attached hydrogens (tertiary/aromatic N) is 1. The molecule has 1 fully saturated rings. The highest BCUT2D eigenvalue weighted by molar-refractivity contribution is 14.1. The van der Waals surface area contributed by atoms with Gasteiger partial charge in [0.2, 0.25) is 15.9 Å². The van der Waals surface area contributed by atoms with Crippen LogP contribution >= 0.6 is 22.6 Å². The number of anilines is 1. The second-order valence-corrected chi connectivity index (χ2v) is 7.36. The summed E-state index contributed by atoms with van der Waals surface area (Å²) in [5.74, 6) is -0.199. The third-order valence-corrected chi connectivity index (χ3v) is 5.46. The summed E-state index contributed by atoms with van der Waals surface area (Å²) in [6, 6.07) is 5.60. The number of hydrogen-bond donors (Lipinski definition) is 1. The molecule has 7 heteroatoms. The van der Waals surface area contributed by atoms with Gasteiger partial charge >= 0.3 is 0 Å². The number of carbonyl (C=O) groups excluding carboxylic acids is 1. The second kappa shape index (κ2) is 4.78. The molecule has 0 aliphatic carbocycles. The van der Waals surface area contributed by atoms with Crippen molar-refractivity contribution in [3.63, 3.8) is 0 Å². The van der Waals surface area contributed by atoms with E-state index in [0.29, 0.717) is 0 Å². The molecule has 1 aliphatic heterocycles. The molecule has 2 N–H and O–H groups in total. The van der Waals surface area contributed by atoms with Crippen molar-refractivity contribution in [1.82, 2.24) is 0 Å². The molecule has 1 unspecified atom stereocenters. The molecule has 1 saturated heterocycles. The van der Waals surface area contributed by atoms with Crippen molar-refractivity contribution in [3.05, 3.63) is 27.3 Å². The van der Waals surface area contributed by atoms with Crippen LogP contribution in [0.15, 0.2) is 18.2 Å². The van der Waals surface area contributed by atoms with Gasteiger partial charge in [-0.3, -0.25) is 4.79 Å². The Morgan fingerprint density at radius 3 is 2.61 bits per heavy atom. The molecule has 1 atom stereocenters. The predicted molar refractivity (Wildman–Crippen MR) is 77.8 cm³/mol. The van der Waals surface area contributed by atoms with E-state index in [-0.39, 0.29) is 18.9 Å². The molecule has 0 spiro atoms. The van der Waals surface area contributed by atoms with Crippen LogP contribution in [0.1, 0.15) is 12.0 Å². The molecule has 1 aromatic rings. The summed E-state index contributed by atoms with van der Waals surface area (Å²) in [4.78, 5) is 13.3. The molecule has 18 heavy (non-hydrogen) atoms. The third kappa shape index (κ3) is 2.67. The van der Waals surface area contributed by atoms with Gasteiger partial charge in [-0.15, -0.1) is 0 Å². The second-order valence-electron chi connectivity index (χ2n) is 4.35. The summed E-state index contributed by atoms with van der Waals surface area (Å²) in [5.41, 5.74) is 1.78. The lowest BCUT2D eigenvalue weighted by atomic mass is 10.2. The van der Waals surface area contributed by atoms with Gasteiger partial charge in [-0.25, -0.2) is 13.6 Å². The zero-order chi connectivity index (χ0) is 13.5. The summed E-state index contributed by atoms with van der Waals surface area (Å²) >= 11 is 2.21. The monoisotopic (exact) mass is 380 g/mol. The van der Waals surface area contributed by atoms with Gasteiger partial charge in [0.25, 0.3) is 0 Å². The van der Waals surface area contributed by atoms with E-state index in [1.807, 2.05) is 25.1 Å². The Hall–Kier alpha value is -0.670. The fourth-order valence-electron chi connectivity index (χ4n) is 1.94. The normalized spacial score (nSPS) is 20.5. The van der Waals surface area contributed by atoms with Crippen molar-refractivity contribution in [2.75, 3.05) is 11.4 Å². The maximum atomic E-state index is 11.8. The molecule has 0 aromatic heterocycles. The fourth-order valence-corrected chi connectivity index (χ4v) is 3.01. The van der Waals surface area contributed by atoms with E-state index in [1.165, 1.54) is 4.90 Å². The van der Waals surface area contributed by atoms with Gasteiger partial charge in [0.15, 0.2) is 0 Å². The highest BCUT2D eigenvalue weighted by Gasteiger charge is 2.37. The zero-order valence-corrected chi connectivity index (χ0v) is 12.7. The quantitative estimate of drug-likeness (QED) is 0.778. The van der Waals surface area contributed by atoms with Gasteiger partial charge in [-0.05, 0) is 53.3 Å². The first kappa shape index (κ1) is 13.8.